The van der Waals surface area contributed by atoms with Gasteiger partial charge < -0.3 is 15.0 Å². The summed E-state index contributed by atoms with van der Waals surface area (Å²) in [6.45, 7) is 6.72. The Balaban J connectivity index is 1.32. The number of ether oxygens (including phenoxy) is 1. The second-order valence-electron chi connectivity index (χ2n) is 6.00. The zero-order valence-corrected chi connectivity index (χ0v) is 13.8. The van der Waals surface area contributed by atoms with Crippen LogP contribution < -0.4 is 5.32 Å². The fraction of sp³-hybridized carbons (Fsp3) is 0.688. The van der Waals surface area contributed by atoms with Crippen molar-refractivity contribution < 1.29 is 9.53 Å². The molecule has 1 N–H and O–H groups in total. The first kappa shape index (κ1) is 15.9. The maximum Gasteiger partial charge on any atom is 0.236 e. The van der Waals surface area contributed by atoms with Gasteiger partial charge in [-0.25, -0.2) is 0 Å². The molecule has 22 heavy (non-hydrogen) atoms. The maximum absolute atomic E-state index is 12.2. The first-order chi connectivity index (χ1) is 10.8. The highest BCUT2D eigenvalue weighted by Gasteiger charge is 2.21. The molecule has 0 aromatic carbocycles. The lowest BCUT2D eigenvalue weighted by Gasteiger charge is -2.34. The largest absolute Gasteiger partial charge is 0.377 e. The first-order valence-electron chi connectivity index (χ1n) is 8.16. The number of hydrogen-bond donors (Lipinski definition) is 1. The lowest BCUT2D eigenvalue weighted by Crippen LogP contribution is -2.50. The molecule has 1 unspecified atom stereocenters. The van der Waals surface area contributed by atoms with Gasteiger partial charge in [0, 0.05) is 50.8 Å². The maximum atomic E-state index is 12.2. The van der Waals surface area contributed by atoms with Crippen molar-refractivity contribution in [1.82, 2.24) is 15.1 Å². The minimum Gasteiger partial charge on any atom is -0.377 e. The molecule has 2 fully saturated rings. The predicted octanol–water partition coefficient (Wildman–Crippen LogP) is 1.16. The number of nitrogens with one attached hydrogen (secondary N) is 1. The number of piperazine rings is 1. The Labute approximate surface area is 136 Å². The number of rotatable bonds is 6. The molecule has 1 aromatic rings. The Hall–Kier alpha value is -0.950. The van der Waals surface area contributed by atoms with Crippen molar-refractivity contribution in [3.05, 3.63) is 22.4 Å². The molecule has 2 saturated heterocycles. The fourth-order valence-corrected chi connectivity index (χ4v) is 3.78. The number of amides is 1. The molecule has 1 amide bonds. The van der Waals surface area contributed by atoms with Crippen molar-refractivity contribution in [2.45, 2.75) is 25.5 Å². The second-order valence-corrected chi connectivity index (χ2v) is 7.03. The monoisotopic (exact) mass is 323 g/mol. The molecular weight excluding hydrogens is 298 g/mol. The van der Waals surface area contributed by atoms with Crippen LogP contribution in [0.25, 0.3) is 0 Å². The predicted molar refractivity (Wildman–Crippen MR) is 88.0 cm³/mol. The van der Waals surface area contributed by atoms with Crippen LogP contribution in [0.3, 0.4) is 0 Å². The summed E-state index contributed by atoms with van der Waals surface area (Å²) in [5, 5.41) is 5.36. The van der Waals surface area contributed by atoms with Gasteiger partial charge in [-0.05, 0) is 24.3 Å². The molecule has 0 aliphatic carbocycles. The van der Waals surface area contributed by atoms with E-state index < -0.39 is 0 Å². The van der Waals surface area contributed by atoms with Crippen LogP contribution in [0, 0.1) is 0 Å². The van der Waals surface area contributed by atoms with Crippen LogP contribution in [0.2, 0.25) is 0 Å². The van der Waals surface area contributed by atoms with E-state index in [0.29, 0.717) is 12.6 Å². The summed E-state index contributed by atoms with van der Waals surface area (Å²) in [6, 6.07) is 4.27. The van der Waals surface area contributed by atoms with Gasteiger partial charge in [0.15, 0.2) is 0 Å². The van der Waals surface area contributed by atoms with Crippen molar-refractivity contribution in [3.8, 4) is 0 Å². The van der Waals surface area contributed by atoms with Gasteiger partial charge in [-0.15, -0.1) is 11.3 Å². The molecule has 2 aliphatic heterocycles. The lowest BCUT2D eigenvalue weighted by molar-refractivity contribution is -0.132. The summed E-state index contributed by atoms with van der Waals surface area (Å²) >= 11 is 1.80. The van der Waals surface area contributed by atoms with E-state index in [4.69, 9.17) is 4.74 Å². The summed E-state index contributed by atoms with van der Waals surface area (Å²) in [5.74, 6) is 0.216. The summed E-state index contributed by atoms with van der Waals surface area (Å²) < 4.78 is 5.55. The number of hydrogen-bond acceptors (Lipinski definition) is 5. The number of thiophene rings is 1. The van der Waals surface area contributed by atoms with Crippen LogP contribution in [-0.4, -0.2) is 67.7 Å². The van der Waals surface area contributed by atoms with Gasteiger partial charge in [0.2, 0.25) is 5.91 Å². The summed E-state index contributed by atoms with van der Waals surface area (Å²) in [7, 11) is 0. The van der Waals surface area contributed by atoms with Gasteiger partial charge >= 0.3 is 0 Å². The van der Waals surface area contributed by atoms with Gasteiger partial charge in [-0.3, -0.25) is 9.69 Å². The van der Waals surface area contributed by atoms with Crippen LogP contribution in [-0.2, 0) is 16.1 Å². The molecule has 0 saturated carbocycles. The van der Waals surface area contributed by atoms with E-state index in [-0.39, 0.29) is 5.91 Å². The van der Waals surface area contributed by atoms with Crippen molar-refractivity contribution >= 4 is 17.2 Å². The van der Waals surface area contributed by atoms with Crippen LogP contribution in [0.15, 0.2) is 17.5 Å². The quantitative estimate of drug-likeness (QED) is 0.853. The third-order valence-corrected chi connectivity index (χ3v) is 5.22. The Kier molecular flexibility index (Phi) is 5.83. The molecule has 3 heterocycles. The fourth-order valence-electron chi connectivity index (χ4n) is 3.04. The van der Waals surface area contributed by atoms with E-state index >= 15 is 0 Å². The third-order valence-electron chi connectivity index (χ3n) is 4.36. The zero-order chi connectivity index (χ0) is 15.2. The van der Waals surface area contributed by atoms with Gasteiger partial charge in [0.25, 0.3) is 0 Å². The van der Waals surface area contributed by atoms with Crippen molar-refractivity contribution in [1.29, 1.82) is 0 Å². The molecule has 3 rings (SSSR count). The van der Waals surface area contributed by atoms with Gasteiger partial charge in [0.1, 0.15) is 0 Å². The topological polar surface area (TPSA) is 44.8 Å². The summed E-state index contributed by atoms with van der Waals surface area (Å²) in [5.41, 5.74) is 0. The minimum atomic E-state index is 0.216. The molecule has 6 heteroatoms. The van der Waals surface area contributed by atoms with Crippen LogP contribution in [0.1, 0.15) is 17.7 Å². The highest BCUT2D eigenvalue weighted by molar-refractivity contribution is 7.09. The summed E-state index contributed by atoms with van der Waals surface area (Å²) in [6.07, 6.45) is 2.56. The average Bonchev–Trinajstić information content (AvgIpc) is 3.21. The van der Waals surface area contributed by atoms with Crippen molar-refractivity contribution in [2.75, 3.05) is 45.9 Å². The van der Waals surface area contributed by atoms with Gasteiger partial charge in [-0.1, -0.05) is 6.07 Å². The summed E-state index contributed by atoms with van der Waals surface area (Å²) in [4.78, 5) is 18.0. The molecular formula is C16H25N3O2S. The average molecular weight is 323 g/mol. The Bertz CT molecular complexity index is 452. The van der Waals surface area contributed by atoms with E-state index in [9.17, 15) is 4.79 Å². The highest BCUT2D eigenvalue weighted by atomic mass is 32.1. The third kappa shape index (κ3) is 4.52. The van der Waals surface area contributed by atoms with E-state index in [1.165, 1.54) is 4.88 Å². The molecule has 5 nitrogen and oxygen atoms in total. The van der Waals surface area contributed by atoms with Gasteiger partial charge in [-0.2, -0.15) is 0 Å². The van der Waals surface area contributed by atoms with Crippen molar-refractivity contribution in [3.63, 3.8) is 0 Å². The SMILES string of the molecule is O=C(CNCC1CCCO1)N1CCN(Cc2cccs2)CC1. The van der Waals surface area contributed by atoms with Crippen molar-refractivity contribution in [2.24, 2.45) is 0 Å². The van der Waals surface area contributed by atoms with E-state index in [0.717, 1.165) is 58.7 Å². The molecule has 2 aliphatic rings. The molecule has 1 atom stereocenters. The molecule has 0 radical (unpaired) electrons. The normalized spacial score (nSPS) is 23.1. The molecule has 122 valence electrons. The number of nitrogens with zero attached hydrogens (tertiary/aromatic N) is 2. The minimum absolute atomic E-state index is 0.216. The second kappa shape index (κ2) is 8.06. The van der Waals surface area contributed by atoms with E-state index in [2.05, 4.69) is 27.7 Å². The van der Waals surface area contributed by atoms with Crippen LogP contribution in [0.4, 0.5) is 0 Å². The van der Waals surface area contributed by atoms with E-state index in [1.807, 2.05) is 4.90 Å². The zero-order valence-electron chi connectivity index (χ0n) is 13.0. The number of carbonyl (C=O) groups is 1. The Morgan fingerprint density at radius 3 is 2.91 bits per heavy atom. The highest BCUT2D eigenvalue weighted by Crippen LogP contribution is 2.13. The van der Waals surface area contributed by atoms with E-state index in [1.54, 1.807) is 11.3 Å². The smallest absolute Gasteiger partial charge is 0.236 e. The first-order valence-corrected chi connectivity index (χ1v) is 9.04. The number of carbonyl (C=O) groups excluding carboxylic acids is 1. The van der Waals surface area contributed by atoms with Crippen LogP contribution in [0.5, 0.6) is 0 Å². The molecule has 1 aromatic heterocycles. The standard InChI is InChI=1S/C16H25N3O2S/c20-16(12-17-11-14-3-1-9-21-14)19-7-5-18(6-8-19)13-15-4-2-10-22-15/h2,4,10,14,17H,1,3,5-9,11-13H2. The molecule has 0 spiro atoms. The van der Waals surface area contributed by atoms with Crippen LogP contribution >= 0.6 is 11.3 Å². The van der Waals surface area contributed by atoms with Gasteiger partial charge in [0.05, 0.1) is 12.6 Å². The lowest BCUT2D eigenvalue weighted by atomic mass is 10.2. The Morgan fingerprint density at radius 1 is 1.36 bits per heavy atom. The Morgan fingerprint density at radius 2 is 2.23 bits per heavy atom. The molecule has 0 bridgehead atoms.